The van der Waals surface area contributed by atoms with E-state index in [0.29, 0.717) is 11.2 Å². The Balaban J connectivity index is 1.48. The van der Waals surface area contributed by atoms with Crippen molar-refractivity contribution in [3.05, 3.63) is 73.3 Å². The lowest BCUT2D eigenvalue weighted by Crippen LogP contribution is -2.67. The van der Waals surface area contributed by atoms with Crippen LogP contribution in [0.25, 0.3) is 11.2 Å². The molecule has 0 saturated carbocycles. The van der Waals surface area contributed by atoms with Gasteiger partial charge in [-0.1, -0.05) is 81.4 Å². The van der Waals surface area contributed by atoms with Crippen molar-refractivity contribution in [2.75, 3.05) is 12.3 Å². The number of nitrogen functional groups attached to an aromatic ring is 1. The number of ether oxygens (including phenoxy) is 1. The lowest BCUT2D eigenvalue weighted by molar-refractivity contribution is -0.0428. The third kappa shape index (κ3) is 3.99. The van der Waals surface area contributed by atoms with Crippen LogP contribution in [0.4, 0.5) is 10.2 Å². The summed E-state index contributed by atoms with van der Waals surface area (Å²) < 4.78 is 29.7. The van der Waals surface area contributed by atoms with Crippen LogP contribution in [0, 0.1) is 0 Å². The molecular weight excluding hydrogens is 477 g/mol. The Morgan fingerprint density at radius 1 is 1.03 bits per heavy atom. The molecule has 36 heavy (non-hydrogen) atoms. The molecule has 4 aromatic rings. The van der Waals surface area contributed by atoms with Crippen LogP contribution < -0.4 is 16.1 Å². The van der Waals surface area contributed by atoms with Crippen LogP contribution in [-0.2, 0) is 9.16 Å². The molecule has 5 rings (SSSR count). The number of fused-ring (bicyclic) bond motifs is 1. The minimum absolute atomic E-state index is 0.0229. The smallest absolute Gasteiger partial charge is 0.261 e. The largest absolute Gasteiger partial charge is 0.405 e. The Morgan fingerprint density at radius 2 is 1.64 bits per heavy atom. The Labute approximate surface area is 210 Å². The molecule has 1 aliphatic rings. The quantitative estimate of drug-likeness (QED) is 0.386. The number of aliphatic hydroxyl groups is 1. The van der Waals surface area contributed by atoms with Gasteiger partial charge in [0.05, 0.1) is 12.9 Å². The summed E-state index contributed by atoms with van der Waals surface area (Å²) in [7, 11) is -2.88. The van der Waals surface area contributed by atoms with Crippen LogP contribution in [0.2, 0.25) is 5.04 Å². The number of imidazole rings is 1. The van der Waals surface area contributed by atoms with Crippen molar-refractivity contribution in [1.29, 1.82) is 0 Å². The van der Waals surface area contributed by atoms with E-state index < -0.39 is 32.9 Å². The van der Waals surface area contributed by atoms with Gasteiger partial charge in [-0.05, 0) is 15.4 Å². The van der Waals surface area contributed by atoms with Crippen LogP contribution in [0.1, 0.15) is 27.0 Å². The summed E-state index contributed by atoms with van der Waals surface area (Å²) in [5.74, 6) is 0.194. The van der Waals surface area contributed by atoms with Gasteiger partial charge in [0.2, 0.25) is 0 Å². The monoisotopic (exact) mass is 507 g/mol. The Hall–Kier alpha value is -3.18. The molecule has 1 saturated heterocycles. The second-order valence-corrected chi connectivity index (χ2v) is 14.4. The lowest BCUT2D eigenvalue weighted by atomic mass is 10.1. The van der Waals surface area contributed by atoms with E-state index in [2.05, 4.69) is 60.0 Å². The zero-order valence-corrected chi connectivity index (χ0v) is 21.5. The van der Waals surface area contributed by atoms with E-state index in [9.17, 15) is 5.11 Å². The van der Waals surface area contributed by atoms with E-state index >= 15 is 4.39 Å². The molecule has 8 nitrogen and oxygen atoms in total. The molecule has 0 amide bonds. The van der Waals surface area contributed by atoms with E-state index in [0.717, 1.165) is 10.4 Å². The van der Waals surface area contributed by atoms with Crippen molar-refractivity contribution < 1.29 is 18.7 Å². The first-order valence-corrected chi connectivity index (χ1v) is 13.8. The Morgan fingerprint density at radius 3 is 2.22 bits per heavy atom. The number of rotatable bonds is 6. The molecule has 1 fully saturated rings. The number of aliphatic hydroxyl groups excluding tert-OH is 1. The number of aromatic nitrogens is 4. The average Bonchev–Trinajstić information content (AvgIpc) is 3.42. The summed E-state index contributed by atoms with van der Waals surface area (Å²) in [5.41, 5.74) is 6.58. The summed E-state index contributed by atoms with van der Waals surface area (Å²) in [6.45, 7) is 6.50. The summed E-state index contributed by atoms with van der Waals surface area (Å²) >= 11 is 0. The molecule has 0 spiro atoms. The van der Waals surface area contributed by atoms with Gasteiger partial charge in [0.25, 0.3) is 8.32 Å². The van der Waals surface area contributed by atoms with Crippen LogP contribution in [0.3, 0.4) is 0 Å². The van der Waals surface area contributed by atoms with E-state index in [1.165, 1.54) is 17.2 Å². The van der Waals surface area contributed by atoms with Crippen molar-refractivity contribution in [3.63, 3.8) is 0 Å². The highest BCUT2D eigenvalue weighted by atomic mass is 28.4. The second kappa shape index (κ2) is 9.36. The van der Waals surface area contributed by atoms with Crippen LogP contribution >= 0.6 is 0 Å². The SMILES string of the molecule is CC(C)(C)[Si](OC[C@H]1O[C@@H](n2cnc3c(N)ncnc32)[C@H](F)[C@@H]1O)(c1ccccc1)c1ccccc1. The second-order valence-electron chi connectivity index (χ2n) is 10.1. The maximum absolute atomic E-state index is 15.4. The third-order valence-electron chi connectivity index (χ3n) is 6.84. The molecule has 1 aliphatic heterocycles. The van der Waals surface area contributed by atoms with Crippen LogP contribution in [-0.4, -0.2) is 57.9 Å². The topological polar surface area (TPSA) is 108 Å². The summed E-state index contributed by atoms with van der Waals surface area (Å²) in [5, 5.41) is 12.8. The first-order valence-electron chi connectivity index (χ1n) is 11.9. The zero-order valence-electron chi connectivity index (χ0n) is 20.5. The number of nitrogens with zero attached hydrogens (tertiary/aromatic N) is 4. The number of anilines is 1. The van der Waals surface area contributed by atoms with E-state index in [1.54, 1.807) is 0 Å². The molecule has 3 N–H and O–H groups in total. The van der Waals surface area contributed by atoms with Crippen molar-refractivity contribution in [3.8, 4) is 0 Å². The van der Waals surface area contributed by atoms with Crippen molar-refractivity contribution in [2.24, 2.45) is 0 Å². The van der Waals surface area contributed by atoms with E-state index in [4.69, 9.17) is 14.9 Å². The normalized spacial score (nSPS) is 22.8. The highest BCUT2D eigenvalue weighted by Gasteiger charge is 2.52. The fourth-order valence-corrected chi connectivity index (χ4v) is 9.66. The number of halogens is 1. The van der Waals surface area contributed by atoms with E-state index in [-0.39, 0.29) is 17.5 Å². The number of alkyl halides is 1. The highest BCUT2D eigenvalue weighted by molar-refractivity contribution is 6.99. The van der Waals surface area contributed by atoms with Gasteiger partial charge >= 0.3 is 0 Å². The minimum atomic E-state index is -2.88. The molecule has 188 valence electrons. The highest BCUT2D eigenvalue weighted by Crippen LogP contribution is 2.39. The van der Waals surface area contributed by atoms with Gasteiger partial charge in [-0.25, -0.2) is 19.3 Å². The fourth-order valence-electron chi connectivity index (χ4n) is 5.09. The van der Waals surface area contributed by atoms with Gasteiger partial charge in [0.1, 0.15) is 24.1 Å². The number of nitrogens with two attached hydrogens (primary N) is 1. The van der Waals surface area contributed by atoms with E-state index in [1.807, 2.05) is 36.4 Å². The molecule has 4 atom stereocenters. The molecule has 3 heterocycles. The molecule has 0 aliphatic carbocycles. The zero-order chi connectivity index (χ0) is 25.5. The van der Waals surface area contributed by atoms with Crippen molar-refractivity contribution in [1.82, 2.24) is 19.5 Å². The summed E-state index contributed by atoms with van der Waals surface area (Å²) in [6.07, 6.45) is -2.39. The summed E-state index contributed by atoms with van der Waals surface area (Å²) in [6, 6.07) is 20.3. The number of hydrogen-bond donors (Lipinski definition) is 2. The maximum Gasteiger partial charge on any atom is 0.261 e. The minimum Gasteiger partial charge on any atom is -0.405 e. The van der Waals surface area contributed by atoms with Crippen LogP contribution in [0.15, 0.2) is 73.3 Å². The molecule has 0 unspecified atom stereocenters. The van der Waals surface area contributed by atoms with Crippen LogP contribution in [0.5, 0.6) is 0 Å². The lowest BCUT2D eigenvalue weighted by Gasteiger charge is -2.43. The van der Waals surface area contributed by atoms with Gasteiger partial charge in [-0.2, -0.15) is 0 Å². The van der Waals surface area contributed by atoms with Gasteiger partial charge in [-0.3, -0.25) is 4.57 Å². The molecule has 2 aromatic carbocycles. The Kier molecular flexibility index (Phi) is 6.37. The first-order chi connectivity index (χ1) is 17.2. The number of benzene rings is 2. The predicted molar refractivity (Wildman–Crippen MR) is 138 cm³/mol. The number of hydrogen-bond acceptors (Lipinski definition) is 7. The predicted octanol–water partition coefficient (Wildman–Crippen LogP) is 2.58. The molecule has 0 bridgehead atoms. The molecule has 0 radical (unpaired) electrons. The third-order valence-corrected chi connectivity index (χ3v) is 11.8. The van der Waals surface area contributed by atoms with Gasteiger partial charge in [0, 0.05) is 0 Å². The summed E-state index contributed by atoms with van der Waals surface area (Å²) in [4.78, 5) is 12.3. The van der Waals surface area contributed by atoms with Crippen molar-refractivity contribution in [2.45, 2.75) is 50.4 Å². The fraction of sp³-hybridized carbons (Fsp3) is 0.346. The molecular formula is C26H30FN5O3Si. The molecule has 2 aromatic heterocycles. The molecule has 10 heteroatoms. The average molecular weight is 508 g/mol. The maximum atomic E-state index is 15.4. The van der Waals surface area contributed by atoms with Gasteiger partial charge < -0.3 is 20.0 Å². The van der Waals surface area contributed by atoms with Gasteiger partial charge in [-0.15, -0.1) is 0 Å². The standard InChI is InChI=1S/C26H30FN5O3Si/c1-26(2,3)36(17-10-6-4-7-11-17,18-12-8-5-9-13-18)34-14-19-22(33)20(27)25(35-19)32-16-31-21-23(28)29-15-30-24(21)32/h4-13,15-16,19-20,22,25,33H,14H2,1-3H3,(H2,28,29,30)/t19-,20-,22-,25-/m1/s1. The van der Waals surface area contributed by atoms with Gasteiger partial charge in [0.15, 0.2) is 23.9 Å². The van der Waals surface area contributed by atoms with Crippen molar-refractivity contribution >= 4 is 35.7 Å². The first kappa shape index (κ1) is 24.5. The Bertz CT molecular complexity index is 1290.